The summed E-state index contributed by atoms with van der Waals surface area (Å²) in [6.45, 7) is 1.02. The number of carbonyl (C=O) groups excluding carboxylic acids is 1. The van der Waals surface area contributed by atoms with Crippen molar-refractivity contribution in [3.63, 3.8) is 0 Å². The molecule has 0 aliphatic heterocycles. The Kier molecular flexibility index (Phi) is 2.76. The van der Waals surface area contributed by atoms with E-state index in [4.69, 9.17) is 9.79 Å². The smallest absolute Gasteiger partial charge is 0.324 e. The van der Waals surface area contributed by atoms with Gasteiger partial charge in [-0.3, -0.25) is 9.36 Å². The van der Waals surface area contributed by atoms with Crippen LogP contribution >= 0.6 is 7.60 Å². The minimum atomic E-state index is -4.61. The van der Waals surface area contributed by atoms with Gasteiger partial charge in [0.1, 0.15) is 5.66 Å². The Labute approximate surface area is 80.3 Å². The fourth-order valence-electron chi connectivity index (χ4n) is 1.14. The van der Waals surface area contributed by atoms with E-state index in [1.165, 1.54) is 12.2 Å². The highest BCUT2D eigenvalue weighted by Crippen LogP contribution is 2.48. The van der Waals surface area contributed by atoms with E-state index in [0.29, 0.717) is 0 Å². The van der Waals surface area contributed by atoms with Crippen LogP contribution in [0.3, 0.4) is 0 Å². The molecule has 0 spiro atoms. The molecule has 2 N–H and O–H groups in total. The molecule has 78 valence electrons. The first kappa shape index (κ1) is 11.3. The van der Waals surface area contributed by atoms with Crippen LogP contribution < -0.4 is 0 Å². The zero-order valence-electron chi connectivity index (χ0n) is 7.42. The molecule has 0 radical (unpaired) electrons. The van der Waals surface area contributed by atoms with Crippen LogP contribution in [0.1, 0.15) is 6.92 Å². The van der Waals surface area contributed by atoms with Crippen LogP contribution in [0.15, 0.2) is 24.3 Å². The molecule has 2 atom stereocenters. The van der Waals surface area contributed by atoms with E-state index < -0.39 is 24.7 Å². The normalized spacial score (nSPS) is 29.3. The Morgan fingerprint density at radius 1 is 1.50 bits per heavy atom. The van der Waals surface area contributed by atoms with Crippen molar-refractivity contribution in [2.24, 2.45) is 0 Å². The topological polar surface area (TPSA) is 74.6 Å². The van der Waals surface area contributed by atoms with Crippen molar-refractivity contribution in [3.8, 4) is 0 Å². The van der Waals surface area contributed by atoms with Gasteiger partial charge in [-0.1, -0.05) is 12.2 Å². The summed E-state index contributed by atoms with van der Waals surface area (Å²) in [5.74, 6) is -0.934. The minimum Gasteiger partial charge on any atom is -0.324 e. The maximum Gasteiger partial charge on any atom is 0.332 e. The molecular formula is C8H10FO4P. The lowest BCUT2D eigenvalue weighted by Gasteiger charge is -2.27. The van der Waals surface area contributed by atoms with Gasteiger partial charge >= 0.3 is 7.60 Å². The molecule has 0 amide bonds. The fraction of sp³-hybridized carbons (Fsp3) is 0.375. The SMILES string of the molecule is CC(C1(F)C=CC=CC1=O)P(=O)(O)O. The van der Waals surface area contributed by atoms with E-state index in [-0.39, 0.29) is 0 Å². The molecular weight excluding hydrogens is 210 g/mol. The van der Waals surface area contributed by atoms with Crippen LogP contribution in [0.4, 0.5) is 4.39 Å². The van der Waals surface area contributed by atoms with E-state index in [1.807, 2.05) is 0 Å². The summed E-state index contributed by atoms with van der Waals surface area (Å²) in [6.07, 6.45) is 4.42. The third-order valence-corrected chi connectivity index (χ3v) is 3.57. The lowest BCUT2D eigenvalue weighted by molar-refractivity contribution is -0.123. The number of carbonyl (C=O) groups is 1. The predicted octanol–water partition coefficient (Wildman–Crippen LogP) is 0.956. The molecule has 0 bridgehead atoms. The van der Waals surface area contributed by atoms with Crippen molar-refractivity contribution >= 4 is 13.4 Å². The molecule has 0 fully saturated rings. The van der Waals surface area contributed by atoms with Gasteiger partial charge in [-0.15, -0.1) is 0 Å². The molecule has 0 saturated heterocycles. The summed E-state index contributed by atoms with van der Waals surface area (Å²) < 4.78 is 24.7. The van der Waals surface area contributed by atoms with Crippen LogP contribution in [0, 0.1) is 0 Å². The quantitative estimate of drug-likeness (QED) is 0.679. The van der Waals surface area contributed by atoms with Crippen molar-refractivity contribution in [1.29, 1.82) is 0 Å². The molecule has 0 heterocycles. The van der Waals surface area contributed by atoms with E-state index in [9.17, 15) is 13.8 Å². The molecule has 0 saturated carbocycles. The average Bonchev–Trinajstić information content (AvgIpc) is 2.07. The highest BCUT2D eigenvalue weighted by molar-refractivity contribution is 7.52. The Balaban J connectivity index is 3.08. The molecule has 1 aliphatic carbocycles. The molecule has 2 unspecified atom stereocenters. The number of ketones is 1. The molecule has 0 aromatic rings. The molecule has 1 rings (SSSR count). The van der Waals surface area contributed by atoms with Crippen LogP contribution in [0.5, 0.6) is 0 Å². The summed E-state index contributed by atoms with van der Waals surface area (Å²) in [4.78, 5) is 28.7. The minimum absolute atomic E-state index is 0.874. The highest BCUT2D eigenvalue weighted by atomic mass is 31.2. The number of allylic oxidation sites excluding steroid dienone is 4. The van der Waals surface area contributed by atoms with Crippen LogP contribution in [-0.2, 0) is 9.36 Å². The van der Waals surface area contributed by atoms with Crippen molar-refractivity contribution in [3.05, 3.63) is 24.3 Å². The second-order valence-corrected chi connectivity index (χ2v) is 5.07. The Hall–Kier alpha value is -0.770. The van der Waals surface area contributed by atoms with Gasteiger partial charge in [0, 0.05) is 0 Å². The molecule has 1 aliphatic rings. The van der Waals surface area contributed by atoms with Gasteiger partial charge in [0.25, 0.3) is 0 Å². The lowest BCUT2D eigenvalue weighted by Crippen LogP contribution is -2.42. The van der Waals surface area contributed by atoms with Crippen molar-refractivity contribution in [2.45, 2.75) is 18.3 Å². The second kappa shape index (κ2) is 3.42. The van der Waals surface area contributed by atoms with E-state index in [1.54, 1.807) is 0 Å². The predicted molar refractivity (Wildman–Crippen MR) is 48.6 cm³/mol. The van der Waals surface area contributed by atoms with Crippen LogP contribution in [-0.4, -0.2) is 26.9 Å². The molecule has 0 aromatic carbocycles. The zero-order valence-corrected chi connectivity index (χ0v) is 8.32. The molecule has 4 nitrogen and oxygen atoms in total. The fourth-order valence-corrected chi connectivity index (χ4v) is 1.84. The third-order valence-electron chi connectivity index (χ3n) is 2.19. The van der Waals surface area contributed by atoms with Crippen molar-refractivity contribution < 1.29 is 23.5 Å². The van der Waals surface area contributed by atoms with Gasteiger partial charge < -0.3 is 9.79 Å². The summed E-state index contributed by atoms with van der Waals surface area (Å²) >= 11 is 0. The van der Waals surface area contributed by atoms with Crippen molar-refractivity contribution in [1.82, 2.24) is 0 Å². The largest absolute Gasteiger partial charge is 0.332 e. The molecule has 6 heteroatoms. The number of alkyl halides is 1. The maximum atomic E-state index is 13.9. The summed E-state index contributed by atoms with van der Waals surface area (Å²) in [5, 5.41) is 0. The Morgan fingerprint density at radius 3 is 2.50 bits per heavy atom. The number of hydrogen-bond donors (Lipinski definition) is 2. The average molecular weight is 220 g/mol. The highest BCUT2D eigenvalue weighted by Gasteiger charge is 2.49. The van der Waals surface area contributed by atoms with Gasteiger partial charge in [0.15, 0.2) is 5.78 Å². The Morgan fingerprint density at radius 2 is 2.07 bits per heavy atom. The second-order valence-electron chi connectivity index (χ2n) is 3.12. The summed E-state index contributed by atoms with van der Waals surface area (Å²) in [7, 11) is -4.61. The van der Waals surface area contributed by atoms with Crippen LogP contribution in [0.2, 0.25) is 0 Å². The summed E-state index contributed by atoms with van der Waals surface area (Å²) in [5.41, 5.74) is -4.25. The first-order valence-corrected chi connectivity index (χ1v) is 5.61. The lowest BCUT2D eigenvalue weighted by atomic mass is 9.93. The van der Waals surface area contributed by atoms with Gasteiger partial charge in [0.05, 0.1) is 0 Å². The first-order chi connectivity index (χ1) is 6.28. The number of halogens is 1. The first-order valence-electron chi connectivity index (χ1n) is 3.93. The number of rotatable bonds is 2. The number of hydrogen-bond acceptors (Lipinski definition) is 2. The third kappa shape index (κ3) is 1.85. The standard InChI is InChI=1S/C8H10FO4P/c1-6(14(11,12)13)8(9)5-3-2-4-7(8)10/h2-6H,1H3,(H2,11,12,13). The molecule has 0 aromatic heterocycles. The van der Waals surface area contributed by atoms with Gasteiger partial charge in [-0.05, 0) is 19.1 Å². The molecule has 14 heavy (non-hydrogen) atoms. The van der Waals surface area contributed by atoms with E-state index in [0.717, 1.165) is 19.1 Å². The zero-order chi connectivity index (χ0) is 11.0. The van der Waals surface area contributed by atoms with Gasteiger partial charge in [-0.25, -0.2) is 4.39 Å². The van der Waals surface area contributed by atoms with Crippen molar-refractivity contribution in [2.75, 3.05) is 0 Å². The Bertz CT molecular complexity index is 356. The monoisotopic (exact) mass is 220 g/mol. The van der Waals surface area contributed by atoms with Crippen LogP contribution in [0.25, 0.3) is 0 Å². The van der Waals surface area contributed by atoms with E-state index >= 15 is 0 Å². The van der Waals surface area contributed by atoms with Gasteiger partial charge in [-0.2, -0.15) is 0 Å². The maximum absolute atomic E-state index is 13.9. The van der Waals surface area contributed by atoms with E-state index in [2.05, 4.69) is 0 Å². The summed E-state index contributed by atoms with van der Waals surface area (Å²) in [6, 6.07) is 0. The van der Waals surface area contributed by atoms with Gasteiger partial charge in [0.2, 0.25) is 5.67 Å².